The number of fused-ring (bicyclic) bond motifs is 1. The van der Waals surface area contributed by atoms with Gasteiger partial charge in [0.25, 0.3) is 0 Å². The average molecular weight is 409 g/mol. The summed E-state index contributed by atoms with van der Waals surface area (Å²) in [5.74, 6) is -3.75. The van der Waals surface area contributed by atoms with Gasteiger partial charge in [0.15, 0.2) is 17.5 Å². The Balaban J connectivity index is 1.89. The van der Waals surface area contributed by atoms with Crippen LogP contribution in [0, 0.1) is 20.3 Å². The lowest BCUT2D eigenvalue weighted by Crippen LogP contribution is -2.16. The van der Waals surface area contributed by atoms with E-state index in [0.717, 1.165) is 31.4 Å². The van der Waals surface area contributed by atoms with Crippen LogP contribution in [0.1, 0.15) is 29.3 Å². The molecule has 1 nitrogen and oxygen atoms in total. The van der Waals surface area contributed by atoms with Crippen molar-refractivity contribution in [2.75, 3.05) is 5.32 Å². The smallest absolute Gasteiger partial charge is 0.194 e. The molecule has 0 amide bonds. The minimum atomic E-state index is -1.43. The quantitative estimate of drug-likeness (QED) is 0.527. The number of benzene rings is 1. The van der Waals surface area contributed by atoms with E-state index in [1.165, 1.54) is 13.3 Å². The SMILES string of the molecule is Fc1cc(NC2CCCc3sc(I)cc32)cc(F)c1F. The van der Waals surface area contributed by atoms with E-state index in [0.29, 0.717) is 0 Å². The van der Waals surface area contributed by atoms with Crippen LogP contribution in [0.4, 0.5) is 18.9 Å². The van der Waals surface area contributed by atoms with Crippen LogP contribution >= 0.6 is 33.9 Å². The largest absolute Gasteiger partial charge is 0.378 e. The highest BCUT2D eigenvalue weighted by atomic mass is 127. The maximum absolute atomic E-state index is 13.2. The zero-order valence-electron chi connectivity index (χ0n) is 10.4. The molecule has 1 unspecified atom stereocenters. The molecule has 0 bridgehead atoms. The van der Waals surface area contributed by atoms with Crippen molar-refractivity contribution in [1.82, 2.24) is 0 Å². The molecule has 0 radical (unpaired) electrons. The van der Waals surface area contributed by atoms with E-state index < -0.39 is 17.5 Å². The highest BCUT2D eigenvalue weighted by molar-refractivity contribution is 14.1. The van der Waals surface area contributed by atoms with Gasteiger partial charge in [0.1, 0.15) is 0 Å². The first-order valence-corrected chi connectivity index (χ1v) is 8.13. The van der Waals surface area contributed by atoms with Crippen LogP contribution in [-0.2, 0) is 6.42 Å². The van der Waals surface area contributed by atoms with Crippen LogP contribution in [0.15, 0.2) is 18.2 Å². The standard InChI is InChI=1S/C14H11F3INS/c15-9-4-7(5-10(16)14(9)17)19-11-2-1-3-12-8(11)6-13(18)20-12/h4-6,11,19H,1-3H2. The predicted molar refractivity (Wildman–Crippen MR) is 82.7 cm³/mol. The highest BCUT2D eigenvalue weighted by Crippen LogP contribution is 2.38. The summed E-state index contributed by atoms with van der Waals surface area (Å²) < 4.78 is 40.6. The van der Waals surface area contributed by atoms with Crippen LogP contribution in [-0.4, -0.2) is 0 Å². The van der Waals surface area contributed by atoms with Gasteiger partial charge >= 0.3 is 0 Å². The van der Waals surface area contributed by atoms with Gasteiger partial charge in [0, 0.05) is 22.7 Å². The molecule has 1 aromatic carbocycles. The average Bonchev–Trinajstić information content (AvgIpc) is 2.77. The van der Waals surface area contributed by atoms with E-state index >= 15 is 0 Å². The molecular formula is C14H11F3INS. The summed E-state index contributed by atoms with van der Waals surface area (Å²) in [5, 5.41) is 3.12. The van der Waals surface area contributed by atoms with Crippen molar-refractivity contribution in [2.45, 2.75) is 25.3 Å². The fraction of sp³-hybridized carbons (Fsp3) is 0.286. The molecule has 6 heteroatoms. The molecule has 1 aliphatic carbocycles. The molecule has 0 spiro atoms. The number of nitrogens with one attached hydrogen (secondary N) is 1. The fourth-order valence-electron chi connectivity index (χ4n) is 2.51. The van der Waals surface area contributed by atoms with E-state index in [4.69, 9.17) is 0 Å². The van der Waals surface area contributed by atoms with Crippen molar-refractivity contribution in [3.8, 4) is 0 Å². The van der Waals surface area contributed by atoms with E-state index in [1.54, 1.807) is 11.3 Å². The van der Waals surface area contributed by atoms with Crippen molar-refractivity contribution in [3.05, 3.63) is 49.0 Å². The summed E-state index contributed by atoms with van der Waals surface area (Å²) in [4.78, 5) is 1.32. The Labute approximate surface area is 132 Å². The molecule has 1 atom stereocenters. The topological polar surface area (TPSA) is 12.0 Å². The Morgan fingerprint density at radius 1 is 1.15 bits per heavy atom. The Kier molecular flexibility index (Phi) is 3.94. The lowest BCUT2D eigenvalue weighted by atomic mass is 9.94. The summed E-state index contributed by atoms with van der Waals surface area (Å²) >= 11 is 4.03. The summed E-state index contributed by atoms with van der Waals surface area (Å²) in [6.45, 7) is 0. The van der Waals surface area contributed by atoms with Crippen molar-refractivity contribution in [1.29, 1.82) is 0 Å². The van der Waals surface area contributed by atoms with Crippen LogP contribution in [0.5, 0.6) is 0 Å². The van der Waals surface area contributed by atoms with Crippen molar-refractivity contribution in [2.24, 2.45) is 0 Å². The van der Waals surface area contributed by atoms with Gasteiger partial charge in [-0.3, -0.25) is 0 Å². The monoisotopic (exact) mass is 409 g/mol. The van der Waals surface area contributed by atoms with E-state index in [9.17, 15) is 13.2 Å². The molecule has 1 aromatic heterocycles. The lowest BCUT2D eigenvalue weighted by molar-refractivity contribution is 0.447. The third-order valence-electron chi connectivity index (χ3n) is 3.41. The second kappa shape index (κ2) is 5.55. The summed E-state index contributed by atoms with van der Waals surface area (Å²) in [6.07, 6.45) is 2.99. The maximum Gasteiger partial charge on any atom is 0.194 e. The number of anilines is 1. The van der Waals surface area contributed by atoms with E-state index in [-0.39, 0.29) is 11.7 Å². The maximum atomic E-state index is 13.2. The lowest BCUT2D eigenvalue weighted by Gasteiger charge is -2.24. The van der Waals surface area contributed by atoms with Gasteiger partial charge in [-0.25, -0.2) is 13.2 Å². The van der Waals surface area contributed by atoms with Gasteiger partial charge in [0.2, 0.25) is 0 Å². The number of halogens is 4. The third-order valence-corrected chi connectivity index (χ3v) is 5.38. The van der Waals surface area contributed by atoms with Crippen LogP contribution in [0.2, 0.25) is 0 Å². The van der Waals surface area contributed by atoms with Gasteiger partial charge in [-0.05, 0) is 53.5 Å². The second-order valence-electron chi connectivity index (χ2n) is 4.77. The zero-order chi connectivity index (χ0) is 14.3. The molecule has 0 fully saturated rings. The molecule has 0 aliphatic heterocycles. The number of hydrogen-bond acceptors (Lipinski definition) is 2. The van der Waals surface area contributed by atoms with Crippen LogP contribution in [0.3, 0.4) is 0 Å². The van der Waals surface area contributed by atoms with Crippen molar-refractivity contribution >= 4 is 39.6 Å². The molecule has 1 N–H and O–H groups in total. The third kappa shape index (κ3) is 2.67. The predicted octanol–water partition coefficient (Wildman–Crippen LogP) is 5.26. The summed E-state index contributed by atoms with van der Waals surface area (Å²) in [6, 6.07) is 4.14. The Bertz CT molecular complexity index is 633. The molecular weight excluding hydrogens is 398 g/mol. The van der Waals surface area contributed by atoms with Gasteiger partial charge in [-0.15, -0.1) is 11.3 Å². The minimum Gasteiger partial charge on any atom is -0.378 e. The second-order valence-corrected chi connectivity index (χ2v) is 7.80. The van der Waals surface area contributed by atoms with E-state index in [2.05, 4.69) is 34.0 Å². The van der Waals surface area contributed by atoms with Gasteiger partial charge in [-0.2, -0.15) is 0 Å². The first-order valence-electron chi connectivity index (χ1n) is 6.24. The van der Waals surface area contributed by atoms with Crippen molar-refractivity contribution in [3.63, 3.8) is 0 Å². The normalized spacial score (nSPS) is 17.9. The number of rotatable bonds is 2. The molecule has 1 heterocycles. The van der Waals surface area contributed by atoms with Crippen molar-refractivity contribution < 1.29 is 13.2 Å². The highest BCUT2D eigenvalue weighted by Gasteiger charge is 2.23. The molecule has 3 rings (SSSR count). The summed E-state index contributed by atoms with van der Waals surface area (Å²) in [7, 11) is 0. The number of hydrogen-bond donors (Lipinski definition) is 1. The van der Waals surface area contributed by atoms with Gasteiger partial charge in [0.05, 0.1) is 8.93 Å². The fourth-order valence-corrected chi connectivity index (χ4v) is 4.63. The number of thiophene rings is 1. The van der Waals surface area contributed by atoms with Crippen LogP contribution in [0.25, 0.3) is 0 Å². The van der Waals surface area contributed by atoms with Gasteiger partial charge in [-0.1, -0.05) is 0 Å². The Morgan fingerprint density at radius 2 is 1.85 bits per heavy atom. The van der Waals surface area contributed by atoms with Gasteiger partial charge < -0.3 is 5.32 Å². The first-order chi connectivity index (χ1) is 9.54. The summed E-state index contributed by atoms with van der Waals surface area (Å²) in [5.41, 5.74) is 1.47. The van der Waals surface area contributed by atoms with E-state index in [1.807, 2.05) is 0 Å². The zero-order valence-corrected chi connectivity index (χ0v) is 13.3. The van der Waals surface area contributed by atoms with Crippen LogP contribution < -0.4 is 5.32 Å². The Hall–Kier alpha value is -0.760. The molecule has 1 aliphatic rings. The molecule has 20 heavy (non-hydrogen) atoms. The number of aryl methyl sites for hydroxylation is 1. The molecule has 106 valence electrons. The molecule has 0 saturated heterocycles. The first kappa shape index (κ1) is 14.2. The molecule has 2 aromatic rings. The molecule has 0 saturated carbocycles. The minimum absolute atomic E-state index is 0.0303. The Morgan fingerprint density at radius 3 is 2.55 bits per heavy atom.